The van der Waals surface area contributed by atoms with Gasteiger partial charge in [-0.05, 0) is 6.07 Å². The first kappa shape index (κ1) is 18.8. The van der Waals surface area contributed by atoms with E-state index in [0.29, 0.717) is 5.56 Å². The number of anilines is 1. The van der Waals surface area contributed by atoms with Gasteiger partial charge in [0.2, 0.25) is 5.69 Å². The lowest BCUT2D eigenvalue weighted by molar-refractivity contribution is -0.392. The summed E-state index contributed by atoms with van der Waals surface area (Å²) in [7, 11) is 0. The van der Waals surface area contributed by atoms with Gasteiger partial charge in [-0.15, -0.1) is 0 Å². The second-order valence-corrected chi connectivity index (χ2v) is 5.56. The number of nitrogens with zero attached hydrogens (tertiary/aromatic N) is 3. The maximum atomic E-state index is 12.9. The molecule has 0 spiro atoms. The molecule has 0 unspecified atom stereocenters. The lowest BCUT2D eigenvalue weighted by Gasteiger charge is -2.09. The molecule has 0 saturated carbocycles. The van der Waals surface area contributed by atoms with Crippen LogP contribution >= 0.6 is 0 Å². The molecule has 0 aliphatic heterocycles. The van der Waals surface area contributed by atoms with Crippen molar-refractivity contribution in [1.82, 2.24) is 4.98 Å². The quantitative estimate of drug-likeness (QED) is 0.376. The third-order valence-electron chi connectivity index (χ3n) is 3.82. The summed E-state index contributed by atoms with van der Waals surface area (Å²) in [6, 6.07) is 7.58. The Bertz CT molecular complexity index is 1070. The van der Waals surface area contributed by atoms with E-state index in [4.69, 9.17) is 0 Å². The van der Waals surface area contributed by atoms with Gasteiger partial charge in [-0.3, -0.25) is 25.7 Å². The minimum atomic E-state index is -4.98. The summed E-state index contributed by atoms with van der Waals surface area (Å²) in [4.78, 5) is 23.0. The van der Waals surface area contributed by atoms with Crippen LogP contribution in [0, 0.1) is 20.2 Å². The molecule has 2 N–H and O–H groups in total. The van der Waals surface area contributed by atoms with Crippen LogP contribution in [0.4, 0.5) is 30.2 Å². The number of rotatable bonds is 5. The monoisotopic (exact) mass is 393 g/mol. The third kappa shape index (κ3) is 3.60. The molecule has 0 radical (unpaired) electrons. The average Bonchev–Trinajstić information content (AvgIpc) is 3.03. The fourth-order valence-corrected chi connectivity index (χ4v) is 2.55. The summed E-state index contributed by atoms with van der Waals surface area (Å²) in [6.07, 6.45) is -2.16. The lowest BCUT2D eigenvalue weighted by Crippen LogP contribution is -2.09. The van der Waals surface area contributed by atoms with Crippen molar-refractivity contribution in [1.29, 1.82) is 0 Å². The highest BCUT2D eigenvalue weighted by molar-refractivity contribution is 5.99. The zero-order chi connectivity index (χ0) is 20.5. The van der Waals surface area contributed by atoms with E-state index < -0.39 is 38.6 Å². The third-order valence-corrected chi connectivity index (χ3v) is 3.82. The Kier molecular flexibility index (Phi) is 4.69. The normalized spacial score (nSPS) is 11.8. The van der Waals surface area contributed by atoms with Crippen LogP contribution in [0.15, 0.2) is 47.7 Å². The number of alkyl halides is 3. The van der Waals surface area contributed by atoms with Crippen LogP contribution < -0.4 is 5.43 Å². The van der Waals surface area contributed by atoms with Gasteiger partial charge in [0.05, 0.1) is 21.6 Å². The van der Waals surface area contributed by atoms with Crippen molar-refractivity contribution in [2.24, 2.45) is 5.10 Å². The second kappa shape index (κ2) is 6.98. The zero-order valence-corrected chi connectivity index (χ0v) is 13.7. The molecule has 0 fully saturated rings. The van der Waals surface area contributed by atoms with E-state index in [1.54, 1.807) is 30.5 Å². The number of halogens is 3. The van der Waals surface area contributed by atoms with Gasteiger partial charge in [-0.2, -0.15) is 18.3 Å². The molecule has 0 aliphatic carbocycles. The Balaban J connectivity index is 2.02. The van der Waals surface area contributed by atoms with Crippen LogP contribution in [0.1, 0.15) is 11.1 Å². The number of aromatic nitrogens is 1. The molecule has 28 heavy (non-hydrogen) atoms. The molecule has 1 aromatic heterocycles. The van der Waals surface area contributed by atoms with Gasteiger partial charge in [-0.1, -0.05) is 18.2 Å². The van der Waals surface area contributed by atoms with Crippen molar-refractivity contribution in [3.05, 3.63) is 74.0 Å². The molecule has 3 aromatic rings. The summed E-state index contributed by atoms with van der Waals surface area (Å²) in [5.74, 6) is 0. The number of benzene rings is 2. The predicted octanol–water partition coefficient (Wildman–Crippen LogP) is 4.45. The van der Waals surface area contributed by atoms with Crippen LogP contribution in [0.25, 0.3) is 10.9 Å². The average molecular weight is 393 g/mol. The number of hydrogen-bond acceptors (Lipinski definition) is 6. The first-order valence-electron chi connectivity index (χ1n) is 7.57. The van der Waals surface area contributed by atoms with Crippen molar-refractivity contribution in [3.8, 4) is 0 Å². The minimum Gasteiger partial charge on any atom is -0.361 e. The highest BCUT2D eigenvalue weighted by atomic mass is 19.4. The Hall–Kier alpha value is -3.96. The number of H-pyrrole nitrogens is 1. The van der Waals surface area contributed by atoms with E-state index in [2.05, 4.69) is 15.5 Å². The number of hydrazone groups is 1. The van der Waals surface area contributed by atoms with Crippen molar-refractivity contribution < 1.29 is 23.0 Å². The van der Waals surface area contributed by atoms with Gasteiger partial charge in [0.1, 0.15) is 0 Å². The predicted molar refractivity (Wildman–Crippen MR) is 94.3 cm³/mol. The van der Waals surface area contributed by atoms with E-state index in [9.17, 15) is 33.4 Å². The van der Waals surface area contributed by atoms with Crippen molar-refractivity contribution in [3.63, 3.8) is 0 Å². The smallest absolute Gasteiger partial charge is 0.361 e. The SMILES string of the molecule is O=[N+]([O-])c1cc(C(F)(F)F)cc([N+](=O)[O-])c1N/N=C/c1c[nH]c2ccccc12. The zero-order valence-electron chi connectivity index (χ0n) is 13.7. The van der Waals surface area contributed by atoms with Crippen LogP contribution in [-0.4, -0.2) is 21.0 Å². The minimum absolute atomic E-state index is 0.219. The highest BCUT2D eigenvalue weighted by Gasteiger charge is 2.37. The Morgan fingerprint density at radius 1 is 1.07 bits per heavy atom. The number of fused-ring (bicyclic) bond motifs is 1. The molecule has 9 nitrogen and oxygen atoms in total. The molecule has 0 amide bonds. The molecule has 3 rings (SSSR count). The van der Waals surface area contributed by atoms with Crippen LogP contribution in [-0.2, 0) is 6.18 Å². The Morgan fingerprint density at radius 2 is 1.68 bits per heavy atom. The van der Waals surface area contributed by atoms with Gasteiger partial charge in [0.15, 0.2) is 0 Å². The van der Waals surface area contributed by atoms with Crippen LogP contribution in [0.5, 0.6) is 0 Å². The summed E-state index contributed by atoms with van der Waals surface area (Å²) in [5, 5.41) is 26.8. The molecule has 0 bridgehead atoms. The molecule has 1 heterocycles. The topological polar surface area (TPSA) is 126 Å². The standard InChI is InChI=1S/C16H10F3N5O4/c17-16(18,19)10-5-13(23(25)26)15(14(6-10)24(27)28)22-21-8-9-7-20-12-4-2-1-3-11(9)12/h1-8,20,22H/b21-8+. The van der Waals surface area contributed by atoms with Crippen molar-refractivity contribution in [2.75, 3.05) is 5.43 Å². The van der Waals surface area contributed by atoms with Gasteiger partial charge < -0.3 is 4.98 Å². The largest absolute Gasteiger partial charge is 0.416 e. The van der Waals surface area contributed by atoms with E-state index in [0.717, 1.165) is 10.9 Å². The van der Waals surface area contributed by atoms with E-state index in [1.165, 1.54) is 6.21 Å². The van der Waals surface area contributed by atoms with Crippen LogP contribution in [0.2, 0.25) is 0 Å². The van der Waals surface area contributed by atoms with E-state index in [1.807, 2.05) is 0 Å². The Morgan fingerprint density at radius 3 is 2.25 bits per heavy atom. The molecule has 0 atom stereocenters. The van der Waals surface area contributed by atoms with E-state index in [-0.39, 0.29) is 12.1 Å². The Labute approximate surface area is 153 Å². The fourth-order valence-electron chi connectivity index (χ4n) is 2.55. The molecular formula is C16H10F3N5O4. The van der Waals surface area contributed by atoms with Crippen molar-refractivity contribution >= 4 is 34.2 Å². The van der Waals surface area contributed by atoms with Gasteiger partial charge in [-0.25, -0.2) is 0 Å². The first-order valence-corrected chi connectivity index (χ1v) is 7.57. The molecular weight excluding hydrogens is 383 g/mol. The number of nitro benzene ring substituents is 2. The number of para-hydroxylation sites is 1. The number of aromatic amines is 1. The highest BCUT2D eigenvalue weighted by Crippen LogP contribution is 2.41. The summed E-state index contributed by atoms with van der Waals surface area (Å²) < 4.78 is 38.7. The van der Waals surface area contributed by atoms with Gasteiger partial charge in [0.25, 0.3) is 0 Å². The second-order valence-electron chi connectivity index (χ2n) is 5.56. The van der Waals surface area contributed by atoms with Gasteiger partial charge in [0, 0.05) is 34.8 Å². The molecule has 0 saturated heterocycles. The number of nitrogens with one attached hydrogen (secondary N) is 2. The maximum Gasteiger partial charge on any atom is 0.416 e. The maximum absolute atomic E-state index is 12.9. The molecule has 0 aliphatic rings. The number of hydrogen-bond donors (Lipinski definition) is 2. The molecule has 2 aromatic carbocycles. The summed E-state index contributed by atoms with van der Waals surface area (Å²) in [5.41, 5.74) is -0.992. The first-order chi connectivity index (χ1) is 13.2. The number of nitro groups is 2. The molecule has 12 heteroatoms. The van der Waals surface area contributed by atoms with E-state index >= 15 is 0 Å². The molecule has 144 valence electrons. The fraction of sp³-hybridized carbons (Fsp3) is 0.0625. The van der Waals surface area contributed by atoms with Crippen LogP contribution in [0.3, 0.4) is 0 Å². The summed E-state index contributed by atoms with van der Waals surface area (Å²) in [6.45, 7) is 0. The summed E-state index contributed by atoms with van der Waals surface area (Å²) >= 11 is 0. The van der Waals surface area contributed by atoms with Crippen molar-refractivity contribution in [2.45, 2.75) is 6.18 Å². The van der Waals surface area contributed by atoms with Gasteiger partial charge >= 0.3 is 17.6 Å². The lowest BCUT2D eigenvalue weighted by atomic mass is 10.1.